The highest BCUT2D eigenvalue weighted by molar-refractivity contribution is 5.91. The van der Waals surface area contributed by atoms with Gasteiger partial charge >= 0.3 is 0 Å². The zero-order valence-electron chi connectivity index (χ0n) is 14.6. The van der Waals surface area contributed by atoms with Crippen LogP contribution in [0.25, 0.3) is 22.2 Å². The highest BCUT2D eigenvalue weighted by atomic mass is 16.6. The molecule has 1 aromatic carbocycles. The Morgan fingerprint density at radius 3 is 2.64 bits per heavy atom. The van der Waals surface area contributed by atoms with Gasteiger partial charge in [-0.3, -0.25) is 10.1 Å². The van der Waals surface area contributed by atoms with Crippen LogP contribution in [-0.2, 0) is 6.54 Å². The maximum absolute atomic E-state index is 11.6. The fourth-order valence-electron chi connectivity index (χ4n) is 3.66. The Labute approximate surface area is 144 Å². The Hall–Kier alpha value is -2.70. The third-order valence-corrected chi connectivity index (χ3v) is 5.21. The monoisotopic (exact) mass is 340 g/mol. The lowest BCUT2D eigenvalue weighted by atomic mass is 9.85. The quantitative estimate of drug-likeness (QED) is 0.521. The second-order valence-corrected chi connectivity index (χ2v) is 6.89. The lowest BCUT2D eigenvalue weighted by Gasteiger charge is -2.26. The molecule has 2 heterocycles. The van der Waals surface area contributed by atoms with E-state index < -0.39 is 0 Å². The van der Waals surface area contributed by atoms with E-state index in [9.17, 15) is 10.1 Å². The maximum Gasteiger partial charge on any atom is 0.297 e. The average Bonchev–Trinajstić information content (AvgIpc) is 3.01. The number of hydrogen-bond donors (Lipinski definition) is 0. The van der Waals surface area contributed by atoms with Gasteiger partial charge in [0.15, 0.2) is 5.52 Å². The summed E-state index contributed by atoms with van der Waals surface area (Å²) in [6, 6.07) is 3.56. The molecule has 1 aliphatic rings. The van der Waals surface area contributed by atoms with Crippen molar-refractivity contribution in [2.24, 2.45) is 5.92 Å². The van der Waals surface area contributed by atoms with Crippen molar-refractivity contribution in [1.29, 1.82) is 0 Å². The van der Waals surface area contributed by atoms with E-state index >= 15 is 0 Å². The Balaban J connectivity index is 1.96. The fraction of sp³-hybridized carbons (Fsp3) is 0.444. The average molecular weight is 340 g/mol. The number of nitrogens with zero attached hydrogens (tertiary/aromatic N) is 4. The third-order valence-electron chi connectivity index (χ3n) is 5.21. The van der Waals surface area contributed by atoms with Crippen molar-refractivity contribution in [3.8, 4) is 11.1 Å². The van der Waals surface area contributed by atoms with Crippen LogP contribution in [0.4, 0.5) is 5.69 Å². The van der Waals surface area contributed by atoms with E-state index in [2.05, 4.69) is 14.7 Å². The molecule has 2 aromatic heterocycles. The Morgan fingerprint density at radius 1 is 1.32 bits per heavy atom. The number of aromatic nitrogens is 3. The summed E-state index contributed by atoms with van der Waals surface area (Å²) in [4.78, 5) is 15.8. The fourth-order valence-corrected chi connectivity index (χ4v) is 3.66. The smallest absolute Gasteiger partial charge is 0.297 e. The number of hydrogen-bond acceptors (Lipinski definition) is 5. The standard InChI is InChI=1S/C18H20N4O3/c1-10-17(11(2)25-20-10)14-7-15-18(16(8-14)22(23)24)19-12(3)21(15)9-13-5-4-6-13/h7-8,13H,4-6,9H2,1-3H3. The molecule has 0 unspecified atom stereocenters. The first-order valence-electron chi connectivity index (χ1n) is 8.54. The molecule has 130 valence electrons. The van der Waals surface area contributed by atoms with Gasteiger partial charge in [-0.05, 0) is 51.2 Å². The van der Waals surface area contributed by atoms with Crippen molar-refractivity contribution in [2.75, 3.05) is 0 Å². The Bertz CT molecular complexity index is 963. The summed E-state index contributed by atoms with van der Waals surface area (Å²) >= 11 is 0. The summed E-state index contributed by atoms with van der Waals surface area (Å²) in [5.41, 5.74) is 3.60. The van der Waals surface area contributed by atoms with E-state index in [0.29, 0.717) is 17.2 Å². The first-order valence-corrected chi connectivity index (χ1v) is 8.54. The maximum atomic E-state index is 11.6. The topological polar surface area (TPSA) is 87.0 Å². The van der Waals surface area contributed by atoms with Crippen LogP contribution in [0.3, 0.4) is 0 Å². The van der Waals surface area contributed by atoms with E-state index in [1.165, 1.54) is 19.3 Å². The molecule has 7 nitrogen and oxygen atoms in total. The van der Waals surface area contributed by atoms with Gasteiger partial charge in [0.05, 0.1) is 16.1 Å². The number of nitro benzene ring substituents is 1. The van der Waals surface area contributed by atoms with Gasteiger partial charge in [0, 0.05) is 18.2 Å². The van der Waals surface area contributed by atoms with Crippen molar-refractivity contribution < 1.29 is 9.45 Å². The molecule has 4 rings (SSSR count). The molecule has 3 aromatic rings. The number of nitro groups is 1. The summed E-state index contributed by atoms with van der Waals surface area (Å²) in [5.74, 6) is 2.12. The van der Waals surface area contributed by atoms with E-state index in [4.69, 9.17) is 4.52 Å². The molecule has 0 N–H and O–H groups in total. The SMILES string of the molecule is Cc1noc(C)c1-c1cc([N+](=O)[O-])c2nc(C)n(CC3CCC3)c2c1. The van der Waals surface area contributed by atoms with Gasteiger partial charge in [0.2, 0.25) is 0 Å². The molecule has 0 spiro atoms. The highest BCUT2D eigenvalue weighted by Gasteiger charge is 2.25. The molecule has 0 bridgehead atoms. The van der Waals surface area contributed by atoms with Crippen LogP contribution in [0.1, 0.15) is 36.5 Å². The number of non-ortho nitro benzene ring substituents is 1. The summed E-state index contributed by atoms with van der Waals surface area (Å²) < 4.78 is 7.37. The van der Waals surface area contributed by atoms with E-state index in [1.54, 1.807) is 6.07 Å². The normalized spacial score (nSPS) is 14.8. The molecule has 1 aliphatic carbocycles. The van der Waals surface area contributed by atoms with E-state index in [-0.39, 0.29) is 10.6 Å². The van der Waals surface area contributed by atoms with Gasteiger partial charge in [-0.2, -0.15) is 0 Å². The van der Waals surface area contributed by atoms with Crippen LogP contribution in [0.5, 0.6) is 0 Å². The number of fused-ring (bicyclic) bond motifs is 1. The molecule has 1 fully saturated rings. The number of rotatable bonds is 4. The zero-order valence-corrected chi connectivity index (χ0v) is 14.6. The Morgan fingerprint density at radius 2 is 2.08 bits per heavy atom. The van der Waals surface area contributed by atoms with Gasteiger partial charge in [-0.1, -0.05) is 11.6 Å². The van der Waals surface area contributed by atoms with Gasteiger partial charge in [0.1, 0.15) is 11.6 Å². The summed E-state index contributed by atoms with van der Waals surface area (Å²) in [7, 11) is 0. The molecule has 0 radical (unpaired) electrons. The molecule has 7 heteroatoms. The van der Waals surface area contributed by atoms with Crippen molar-refractivity contribution in [2.45, 2.75) is 46.6 Å². The second-order valence-electron chi connectivity index (χ2n) is 6.89. The van der Waals surface area contributed by atoms with Gasteiger partial charge < -0.3 is 9.09 Å². The number of imidazole rings is 1. The molecule has 1 saturated carbocycles. The van der Waals surface area contributed by atoms with Crippen molar-refractivity contribution in [3.05, 3.63) is 39.5 Å². The number of benzene rings is 1. The zero-order chi connectivity index (χ0) is 17.7. The predicted molar refractivity (Wildman–Crippen MR) is 93.4 cm³/mol. The van der Waals surface area contributed by atoms with Crippen LogP contribution >= 0.6 is 0 Å². The summed E-state index contributed by atoms with van der Waals surface area (Å²) in [5, 5.41) is 15.6. The molecule has 25 heavy (non-hydrogen) atoms. The van der Waals surface area contributed by atoms with Gasteiger partial charge in [-0.25, -0.2) is 4.98 Å². The summed E-state index contributed by atoms with van der Waals surface area (Å²) in [6.45, 7) is 6.45. The largest absolute Gasteiger partial charge is 0.361 e. The van der Waals surface area contributed by atoms with Crippen molar-refractivity contribution >= 4 is 16.7 Å². The van der Waals surface area contributed by atoms with Crippen LogP contribution in [0.2, 0.25) is 0 Å². The molecule has 0 atom stereocenters. The second kappa shape index (κ2) is 5.68. The van der Waals surface area contributed by atoms with Crippen molar-refractivity contribution in [1.82, 2.24) is 14.7 Å². The third kappa shape index (κ3) is 2.50. The molecule has 0 amide bonds. The lowest BCUT2D eigenvalue weighted by molar-refractivity contribution is -0.383. The first-order chi connectivity index (χ1) is 12.0. The van der Waals surface area contributed by atoms with Crippen LogP contribution < -0.4 is 0 Å². The van der Waals surface area contributed by atoms with Crippen LogP contribution in [-0.4, -0.2) is 19.6 Å². The van der Waals surface area contributed by atoms with Crippen LogP contribution in [0.15, 0.2) is 16.7 Å². The van der Waals surface area contributed by atoms with Crippen LogP contribution in [0, 0.1) is 36.8 Å². The predicted octanol–water partition coefficient (Wildman–Crippen LogP) is 4.32. The molecule has 0 saturated heterocycles. The van der Waals surface area contributed by atoms with Gasteiger partial charge in [0.25, 0.3) is 5.69 Å². The highest BCUT2D eigenvalue weighted by Crippen LogP contribution is 2.37. The molecule has 0 aliphatic heterocycles. The van der Waals surface area contributed by atoms with E-state index in [0.717, 1.165) is 34.7 Å². The Kier molecular flexibility index (Phi) is 3.59. The molecular weight excluding hydrogens is 320 g/mol. The van der Waals surface area contributed by atoms with Gasteiger partial charge in [-0.15, -0.1) is 0 Å². The summed E-state index contributed by atoms with van der Waals surface area (Å²) in [6.07, 6.45) is 3.69. The van der Waals surface area contributed by atoms with Crippen molar-refractivity contribution in [3.63, 3.8) is 0 Å². The minimum atomic E-state index is -0.357. The van der Waals surface area contributed by atoms with E-state index in [1.807, 2.05) is 26.8 Å². The number of aryl methyl sites for hydroxylation is 3. The first kappa shape index (κ1) is 15.8. The lowest BCUT2D eigenvalue weighted by Crippen LogP contribution is -2.18. The molecular formula is C18H20N4O3. The minimum Gasteiger partial charge on any atom is -0.361 e. The minimum absolute atomic E-state index is 0.0305.